The number of rotatable bonds is 14. The molecule has 0 unspecified atom stereocenters. The van der Waals surface area contributed by atoms with E-state index in [0.29, 0.717) is 68.8 Å². The molecule has 8 aromatic rings. The number of nitrogens with zero attached hydrogens (tertiary/aromatic N) is 4. The summed E-state index contributed by atoms with van der Waals surface area (Å²) in [5.41, 5.74) is 0.583. The van der Waals surface area contributed by atoms with E-state index in [1.165, 1.54) is 30.3 Å². The van der Waals surface area contributed by atoms with Crippen LogP contribution in [0.4, 0.5) is 34.1 Å². The number of phenolic OH excluding ortho intramolecular Hbond substituents is 1. The Morgan fingerprint density at radius 3 is 1.45 bits per heavy atom. The molecule has 0 aliphatic heterocycles. The van der Waals surface area contributed by atoms with Gasteiger partial charge < -0.3 is 34.9 Å². The molecule has 0 spiro atoms. The molecule has 18 nitrogen and oxygen atoms in total. The van der Waals surface area contributed by atoms with E-state index < -0.39 is 59.0 Å². The van der Waals surface area contributed by atoms with Gasteiger partial charge in [0, 0.05) is 27.7 Å². The second-order valence-corrected chi connectivity index (χ2v) is 19.6. The van der Waals surface area contributed by atoms with Gasteiger partial charge in [-0.15, -0.1) is 15.3 Å². The predicted molar refractivity (Wildman–Crippen MR) is 284 cm³/mol. The molecule has 0 aromatic heterocycles. The van der Waals surface area contributed by atoms with Gasteiger partial charge in [0.05, 0.1) is 39.4 Å². The number of phenols is 1. The minimum Gasteiger partial charge on any atom is -0.870 e. The summed E-state index contributed by atoms with van der Waals surface area (Å²) in [6.07, 6.45) is 0. The van der Waals surface area contributed by atoms with Crippen molar-refractivity contribution >= 4 is 160 Å². The zero-order valence-electron chi connectivity index (χ0n) is 40.2. The fourth-order valence-electron chi connectivity index (χ4n) is 7.36. The molecule has 23 heteroatoms. The van der Waals surface area contributed by atoms with Crippen LogP contribution >= 0.6 is 23.2 Å². The molecule has 0 atom stereocenters. The van der Waals surface area contributed by atoms with Crippen molar-refractivity contribution in [2.45, 2.75) is 37.5 Å². The first-order chi connectivity index (χ1) is 35.2. The number of azo groups is 2. The Labute approximate surface area is 481 Å². The molecule has 380 valence electrons. The van der Waals surface area contributed by atoms with Crippen molar-refractivity contribution < 1.29 is 55.2 Å². The van der Waals surface area contributed by atoms with Gasteiger partial charge >= 0.3 is 48.9 Å². The molecule has 75 heavy (non-hydrogen) atoms. The van der Waals surface area contributed by atoms with Crippen LogP contribution in [0.2, 0.25) is 10.0 Å². The number of amides is 2. The molecule has 8 rings (SSSR count). The predicted octanol–water partition coefficient (Wildman–Crippen LogP) is 12.3. The Bertz CT molecular complexity index is 3530. The van der Waals surface area contributed by atoms with E-state index in [2.05, 4.69) is 31.1 Å². The number of carbonyl (C=O) groups is 2. The minimum atomic E-state index is -4.94. The van der Waals surface area contributed by atoms with E-state index in [-0.39, 0.29) is 87.1 Å². The largest absolute Gasteiger partial charge is 2.00 e. The first kappa shape index (κ1) is 57.9. The number of anilines is 2. The number of aromatic hydroxyl groups is 1. The second kappa shape index (κ2) is 25.0. The van der Waals surface area contributed by atoms with Gasteiger partial charge in [0.25, 0.3) is 21.9 Å². The van der Waals surface area contributed by atoms with E-state index >= 15 is 0 Å². The van der Waals surface area contributed by atoms with Crippen molar-refractivity contribution in [3.63, 3.8) is 0 Å². The molecule has 0 saturated heterocycles. The van der Waals surface area contributed by atoms with Gasteiger partial charge in [0.1, 0.15) is 43.6 Å². The number of benzene rings is 8. The summed E-state index contributed by atoms with van der Waals surface area (Å²) in [4.78, 5) is 24.9. The molecule has 0 aliphatic carbocycles. The van der Waals surface area contributed by atoms with Crippen LogP contribution in [0.25, 0.3) is 21.5 Å². The van der Waals surface area contributed by atoms with Gasteiger partial charge in [-0.2, -0.15) is 13.5 Å². The van der Waals surface area contributed by atoms with Gasteiger partial charge in [-0.3, -0.25) is 14.1 Å². The summed E-state index contributed by atoms with van der Waals surface area (Å²) in [5, 5.41) is 47.4. The van der Waals surface area contributed by atoms with E-state index in [4.69, 9.17) is 32.7 Å². The van der Waals surface area contributed by atoms with E-state index in [9.17, 15) is 45.7 Å². The quantitative estimate of drug-likeness (QED) is 0.0449. The van der Waals surface area contributed by atoms with Crippen molar-refractivity contribution in [2.75, 3.05) is 23.8 Å². The fraction of sp³-hybridized carbons (Fsp3) is 0.115. The second-order valence-electron chi connectivity index (χ2n) is 16.0. The molecule has 0 radical (unpaired) electrons. The Morgan fingerprint density at radius 1 is 0.587 bits per heavy atom. The van der Waals surface area contributed by atoms with Crippen molar-refractivity contribution in [1.29, 1.82) is 0 Å². The number of aryl methyl sites for hydroxylation is 2. The maximum atomic E-state index is 13.3. The summed E-state index contributed by atoms with van der Waals surface area (Å²) < 4.78 is 79.6. The molecule has 0 saturated carbocycles. The maximum Gasteiger partial charge on any atom is 2.00 e. The maximum absolute atomic E-state index is 13.3. The zero-order valence-corrected chi connectivity index (χ0v) is 47.7. The molecule has 0 bridgehead atoms. The van der Waals surface area contributed by atoms with Crippen LogP contribution in [0.15, 0.2) is 164 Å². The van der Waals surface area contributed by atoms with Gasteiger partial charge in [-0.25, -0.2) is 8.42 Å². The van der Waals surface area contributed by atoms with E-state index in [1.807, 2.05) is 13.8 Å². The van der Waals surface area contributed by atoms with Crippen LogP contribution in [0.3, 0.4) is 0 Å². The number of fused-ring (bicyclic) bond motifs is 2. The minimum absolute atomic E-state index is 0. The van der Waals surface area contributed by atoms with Crippen LogP contribution in [-0.4, -0.2) is 105 Å². The number of carbonyl (C=O) groups excluding carboxylic acids is 2. The number of nitrogens with one attached hydrogen (secondary N) is 2. The van der Waals surface area contributed by atoms with Crippen LogP contribution in [0, 0.1) is 13.8 Å². The average molecular weight is 1220 g/mol. The monoisotopic (exact) mass is 1210 g/mol. The molecular weight excluding hydrogens is 1170 g/mol. The summed E-state index contributed by atoms with van der Waals surface area (Å²) in [5.74, 6) is -1.20. The Kier molecular flexibility index (Phi) is 19.3. The Balaban J connectivity index is 0.000000241. The van der Waals surface area contributed by atoms with Crippen molar-refractivity contribution in [2.24, 2.45) is 20.5 Å². The third-order valence-electron chi connectivity index (χ3n) is 10.7. The molecule has 8 aromatic carbocycles. The van der Waals surface area contributed by atoms with Crippen molar-refractivity contribution in [3.8, 4) is 23.0 Å². The number of hydrogen-bond donors (Lipinski definition) is 4. The van der Waals surface area contributed by atoms with Crippen molar-refractivity contribution in [3.05, 3.63) is 166 Å². The van der Waals surface area contributed by atoms with Gasteiger partial charge in [0.2, 0.25) is 0 Å². The Morgan fingerprint density at radius 2 is 0.987 bits per heavy atom. The van der Waals surface area contributed by atoms with Crippen LogP contribution in [-0.2, 0) is 20.2 Å². The zero-order chi connectivity index (χ0) is 53.5. The van der Waals surface area contributed by atoms with Crippen LogP contribution in [0.5, 0.6) is 23.0 Å². The van der Waals surface area contributed by atoms with Gasteiger partial charge in [-0.1, -0.05) is 77.5 Å². The Hall–Kier alpha value is -6.41. The smallest absolute Gasteiger partial charge is 0.870 e. The summed E-state index contributed by atoms with van der Waals surface area (Å²) in [7, 11) is -9.61. The van der Waals surface area contributed by atoms with Crippen LogP contribution in [0.1, 0.15) is 45.7 Å². The fourth-order valence-corrected chi connectivity index (χ4v) is 9.54. The first-order valence-electron chi connectivity index (χ1n) is 22.1. The third-order valence-corrected chi connectivity index (χ3v) is 13.0. The third kappa shape index (κ3) is 14.1. The SMILES string of the molecule is CCOc1ccc(NC(=O)c2cc3ccccc3c(N=Nc3c(Cl)cc(C)cc3S(=O)(=O)O)c2O)cc1.CCOc1ccc(NC(=O)c2cc3ccccc3c(N=Nc3c(Cl)cc(C)cc3S(=O)(=O)[O-])c2[O-])cc1.[Ba+2]. The first-order valence-corrected chi connectivity index (χ1v) is 25.7. The summed E-state index contributed by atoms with van der Waals surface area (Å²) in [6, 6.07) is 35.1. The molecule has 0 heterocycles. The topological polar surface area (TPSA) is 281 Å². The van der Waals surface area contributed by atoms with Gasteiger partial charge in [0.15, 0.2) is 5.75 Å². The summed E-state index contributed by atoms with van der Waals surface area (Å²) in [6.45, 7) is 7.89. The molecule has 2 amide bonds. The standard InChI is InChI=1S/2C26H22ClN3O6S.Ba/c2*1-3-36-18-10-8-17(9-11-18)28-26(32)20-14-16-6-4-5-7-19(16)23(25(20)31)29-30-24-21(27)12-15(2)13-22(24)37(33,34)35;/h2*4-14,31H,3H2,1-2H3,(H,28,32)(H,33,34,35);/q;;+2/p-2. The number of ether oxygens (including phenoxy) is 2. The number of halogens is 2. The summed E-state index contributed by atoms with van der Waals surface area (Å²) >= 11 is 12.4. The molecular formula is C52H42BaCl2N6O12S2. The molecule has 4 N–H and O–H groups in total. The average Bonchev–Trinajstić information content (AvgIpc) is 3.34. The van der Waals surface area contributed by atoms with Crippen LogP contribution < -0.4 is 25.2 Å². The van der Waals surface area contributed by atoms with E-state index in [0.717, 1.165) is 6.07 Å². The molecule has 0 fully saturated rings. The number of hydrogen-bond acceptors (Lipinski definition) is 15. The normalized spacial score (nSPS) is 11.5. The van der Waals surface area contributed by atoms with Gasteiger partial charge in [-0.05, 0) is 135 Å². The molecule has 0 aliphatic rings. The van der Waals surface area contributed by atoms with Crippen molar-refractivity contribution in [1.82, 2.24) is 0 Å². The van der Waals surface area contributed by atoms with E-state index in [1.54, 1.807) is 111 Å².